The minimum Gasteiger partial charge on any atom is -0.488 e. The third-order valence-corrected chi connectivity index (χ3v) is 5.60. The van der Waals surface area contributed by atoms with Crippen molar-refractivity contribution < 1.29 is 24.0 Å². The van der Waals surface area contributed by atoms with Crippen molar-refractivity contribution in [1.29, 1.82) is 0 Å². The van der Waals surface area contributed by atoms with Gasteiger partial charge < -0.3 is 35.2 Å². The van der Waals surface area contributed by atoms with Crippen molar-refractivity contribution in [2.24, 2.45) is 5.92 Å². The summed E-state index contributed by atoms with van der Waals surface area (Å²) >= 11 is 0. The third kappa shape index (κ3) is 5.03. The zero-order valence-corrected chi connectivity index (χ0v) is 19.1. The Labute approximate surface area is 187 Å². The molecule has 0 bridgehead atoms. The van der Waals surface area contributed by atoms with E-state index in [9.17, 15) is 14.7 Å². The zero-order valence-electron chi connectivity index (χ0n) is 19.1. The Morgan fingerprint density at radius 2 is 2.09 bits per heavy atom. The number of hydrogen-bond donors (Lipinski definition) is 4. The highest BCUT2D eigenvalue weighted by Gasteiger charge is 2.32. The third-order valence-electron chi connectivity index (χ3n) is 5.60. The summed E-state index contributed by atoms with van der Waals surface area (Å²) in [7, 11) is 1.85. The first kappa shape index (κ1) is 23.6. The summed E-state index contributed by atoms with van der Waals surface area (Å²) in [5.41, 5.74) is 1.83. The van der Waals surface area contributed by atoms with Gasteiger partial charge in [0, 0.05) is 24.7 Å². The second-order valence-corrected chi connectivity index (χ2v) is 8.17. The summed E-state index contributed by atoms with van der Waals surface area (Å²) in [4.78, 5) is 27.5. The molecular weight excluding hydrogens is 414 g/mol. The number of urea groups is 1. The number of carbonyl (C=O) groups is 2. The topological polar surface area (TPSA) is 129 Å². The normalized spacial score (nSPS) is 19.4. The van der Waals surface area contributed by atoms with Crippen LogP contribution in [0.1, 0.15) is 35.7 Å². The SMILES string of the molecule is CNC[C@@H]1Oc2ccc(NC(=O)Nc3c(C)noc3C)cc2C(=O)N([C@H](C)CO)C[C@@H]1C. The fraction of sp³-hybridized carbons (Fsp3) is 0.500. The number of amides is 3. The molecule has 10 nitrogen and oxygen atoms in total. The number of aliphatic hydroxyl groups is 1. The average Bonchev–Trinajstić information content (AvgIpc) is 3.08. The molecule has 10 heteroatoms. The summed E-state index contributed by atoms with van der Waals surface area (Å²) < 4.78 is 11.2. The van der Waals surface area contributed by atoms with Crippen LogP contribution >= 0.6 is 0 Å². The second kappa shape index (κ2) is 10.0. The van der Waals surface area contributed by atoms with Crippen LogP contribution in [0.2, 0.25) is 0 Å². The van der Waals surface area contributed by atoms with Crippen molar-refractivity contribution in [3.8, 4) is 5.75 Å². The molecule has 4 N–H and O–H groups in total. The molecule has 174 valence electrons. The number of aromatic nitrogens is 1. The van der Waals surface area contributed by atoms with E-state index in [-0.39, 0.29) is 30.6 Å². The van der Waals surface area contributed by atoms with Gasteiger partial charge in [0.2, 0.25) is 0 Å². The number of rotatable bonds is 6. The molecule has 0 unspecified atom stereocenters. The van der Waals surface area contributed by atoms with Gasteiger partial charge in [-0.2, -0.15) is 0 Å². The molecule has 1 aliphatic rings. The number of fused-ring (bicyclic) bond motifs is 1. The predicted molar refractivity (Wildman–Crippen MR) is 120 cm³/mol. The number of aryl methyl sites for hydroxylation is 2. The monoisotopic (exact) mass is 445 g/mol. The van der Waals surface area contributed by atoms with Gasteiger partial charge in [-0.25, -0.2) is 4.79 Å². The van der Waals surface area contributed by atoms with Gasteiger partial charge in [0.15, 0.2) is 5.76 Å². The van der Waals surface area contributed by atoms with Crippen molar-refractivity contribution in [3.63, 3.8) is 0 Å². The largest absolute Gasteiger partial charge is 0.488 e. The molecule has 0 saturated heterocycles. The van der Waals surface area contributed by atoms with Crippen molar-refractivity contribution in [3.05, 3.63) is 35.2 Å². The van der Waals surface area contributed by atoms with Crippen LogP contribution in [0.5, 0.6) is 5.75 Å². The lowest BCUT2D eigenvalue weighted by Gasteiger charge is -2.37. The molecule has 3 atom stereocenters. The van der Waals surface area contributed by atoms with Gasteiger partial charge in [0.25, 0.3) is 5.91 Å². The van der Waals surface area contributed by atoms with Crippen molar-refractivity contribution >= 4 is 23.3 Å². The molecule has 0 fully saturated rings. The molecule has 1 aliphatic heterocycles. The van der Waals surface area contributed by atoms with Crippen LogP contribution in [-0.2, 0) is 0 Å². The standard InChI is InChI=1S/C22H31N5O5/c1-12-10-27(13(2)11-28)21(29)17-8-16(6-7-18(17)31-19(12)9-23-5)24-22(30)25-20-14(3)26-32-15(20)4/h6-8,12-13,19,23,28H,9-11H2,1-5H3,(H2,24,25,30)/t12-,13+,19-/m0/s1. The van der Waals surface area contributed by atoms with E-state index in [0.29, 0.717) is 47.2 Å². The van der Waals surface area contributed by atoms with Crippen LogP contribution in [0.15, 0.2) is 22.7 Å². The molecule has 3 amide bonds. The Balaban J connectivity index is 1.89. The first-order chi connectivity index (χ1) is 15.2. The highest BCUT2D eigenvalue weighted by molar-refractivity contribution is 6.03. The van der Waals surface area contributed by atoms with Crippen molar-refractivity contribution in [1.82, 2.24) is 15.4 Å². The number of benzene rings is 1. The molecule has 3 rings (SSSR count). The minimum absolute atomic E-state index is 0.0483. The molecule has 32 heavy (non-hydrogen) atoms. The number of hydrogen-bond acceptors (Lipinski definition) is 7. The molecule has 2 aromatic rings. The van der Waals surface area contributed by atoms with Crippen LogP contribution in [0.3, 0.4) is 0 Å². The van der Waals surface area contributed by atoms with E-state index in [2.05, 4.69) is 21.1 Å². The number of carbonyl (C=O) groups excluding carboxylic acids is 2. The number of nitrogens with one attached hydrogen (secondary N) is 3. The van der Waals surface area contributed by atoms with Crippen molar-refractivity contribution in [2.75, 3.05) is 37.4 Å². The van der Waals surface area contributed by atoms with Crippen LogP contribution in [0.25, 0.3) is 0 Å². The number of anilines is 2. The summed E-state index contributed by atoms with van der Waals surface area (Å²) in [6.45, 7) is 8.16. The Bertz CT molecular complexity index is 956. The summed E-state index contributed by atoms with van der Waals surface area (Å²) in [6.07, 6.45) is -0.165. The lowest BCUT2D eigenvalue weighted by Crippen LogP contribution is -2.49. The molecule has 1 aromatic carbocycles. The minimum atomic E-state index is -0.485. The number of ether oxygens (including phenoxy) is 1. The quantitative estimate of drug-likeness (QED) is 0.537. The van der Waals surface area contributed by atoms with Crippen molar-refractivity contribution in [2.45, 2.75) is 39.8 Å². The Morgan fingerprint density at radius 3 is 2.72 bits per heavy atom. The molecule has 0 radical (unpaired) electrons. The molecule has 0 saturated carbocycles. The average molecular weight is 446 g/mol. The number of aliphatic hydroxyl groups excluding tert-OH is 1. The van der Waals surface area contributed by atoms with E-state index in [4.69, 9.17) is 9.26 Å². The molecule has 2 heterocycles. The number of likely N-dealkylation sites (N-methyl/N-ethyl adjacent to an activating group) is 1. The highest BCUT2D eigenvalue weighted by atomic mass is 16.5. The Morgan fingerprint density at radius 1 is 1.34 bits per heavy atom. The van der Waals surface area contributed by atoms with E-state index in [1.807, 2.05) is 14.0 Å². The second-order valence-electron chi connectivity index (χ2n) is 8.17. The van der Waals surface area contributed by atoms with Gasteiger partial charge in [-0.1, -0.05) is 12.1 Å². The first-order valence-corrected chi connectivity index (χ1v) is 10.6. The lowest BCUT2D eigenvalue weighted by molar-refractivity contribution is 0.0416. The lowest BCUT2D eigenvalue weighted by atomic mass is 9.99. The van der Waals surface area contributed by atoms with Crippen LogP contribution in [0, 0.1) is 19.8 Å². The smallest absolute Gasteiger partial charge is 0.323 e. The van der Waals surface area contributed by atoms with Gasteiger partial charge >= 0.3 is 6.03 Å². The zero-order chi connectivity index (χ0) is 23.4. The van der Waals surface area contributed by atoms with E-state index >= 15 is 0 Å². The van der Waals surface area contributed by atoms with Crippen LogP contribution in [0.4, 0.5) is 16.2 Å². The van der Waals surface area contributed by atoms with E-state index < -0.39 is 6.03 Å². The predicted octanol–water partition coefficient (Wildman–Crippen LogP) is 2.37. The highest BCUT2D eigenvalue weighted by Crippen LogP contribution is 2.30. The summed E-state index contributed by atoms with van der Waals surface area (Å²) in [6, 6.07) is 4.11. The number of nitrogens with zero attached hydrogens (tertiary/aromatic N) is 2. The maximum absolute atomic E-state index is 13.4. The van der Waals surface area contributed by atoms with E-state index in [1.165, 1.54) is 0 Å². The van der Waals surface area contributed by atoms with Crippen LogP contribution in [-0.4, -0.2) is 66.0 Å². The van der Waals surface area contributed by atoms with Gasteiger partial charge in [-0.05, 0) is 46.0 Å². The van der Waals surface area contributed by atoms with E-state index in [1.54, 1.807) is 43.9 Å². The first-order valence-electron chi connectivity index (χ1n) is 10.6. The fourth-order valence-electron chi connectivity index (χ4n) is 3.68. The fourth-order valence-corrected chi connectivity index (χ4v) is 3.68. The van der Waals surface area contributed by atoms with Crippen LogP contribution < -0.4 is 20.7 Å². The maximum Gasteiger partial charge on any atom is 0.323 e. The summed E-state index contributed by atoms with van der Waals surface area (Å²) in [5, 5.41) is 22.1. The maximum atomic E-state index is 13.4. The van der Waals surface area contributed by atoms with Gasteiger partial charge in [0.1, 0.15) is 23.2 Å². The molecular formula is C22H31N5O5. The Hall–Kier alpha value is -3.11. The van der Waals surface area contributed by atoms with Gasteiger partial charge in [0.05, 0.1) is 18.2 Å². The van der Waals surface area contributed by atoms with Gasteiger partial charge in [-0.15, -0.1) is 0 Å². The molecule has 0 aliphatic carbocycles. The Kier molecular flexibility index (Phi) is 7.37. The van der Waals surface area contributed by atoms with E-state index in [0.717, 1.165) is 0 Å². The van der Waals surface area contributed by atoms with Gasteiger partial charge in [-0.3, -0.25) is 4.79 Å². The molecule has 1 aromatic heterocycles. The molecule has 0 spiro atoms. The summed E-state index contributed by atoms with van der Waals surface area (Å²) in [5.74, 6) is 0.727.